The number of pyridine rings is 1. The third kappa shape index (κ3) is 3.09. The summed E-state index contributed by atoms with van der Waals surface area (Å²) in [6.07, 6.45) is 2.13. The Bertz CT molecular complexity index is 1040. The van der Waals surface area contributed by atoms with E-state index in [1.165, 1.54) is 0 Å². The average Bonchev–Trinajstić information content (AvgIpc) is 3.04. The minimum absolute atomic E-state index is 0.377. The molecule has 3 heterocycles. The van der Waals surface area contributed by atoms with E-state index in [-0.39, 0.29) is 0 Å². The summed E-state index contributed by atoms with van der Waals surface area (Å²) in [5, 5.41) is 12.7. The highest BCUT2D eigenvalue weighted by molar-refractivity contribution is 9.10. The molecule has 1 aromatic carbocycles. The highest BCUT2D eigenvalue weighted by Crippen LogP contribution is 2.35. The van der Waals surface area contributed by atoms with E-state index in [0.29, 0.717) is 17.5 Å². The molecule has 0 amide bonds. The van der Waals surface area contributed by atoms with Gasteiger partial charge in [0.25, 0.3) is 0 Å². The Morgan fingerprint density at radius 2 is 2.19 bits per heavy atom. The SMILES string of the molecule is CCN1C/C(=C\c2cc(Br)cs2)c2nc3ccccc3c(C(=O)O)c2C1. The fourth-order valence-corrected chi connectivity index (χ4v) is 4.82. The molecule has 26 heavy (non-hydrogen) atoms. The first-order valence-corrected chi connectivity index (χ1v) is 10.1. The van der Waals surface area contributed by atoms with Crippen molar-refractivity contribution < 1.29 is 9.90 Å². The van der Waals surface area contributed by atoms with Gasteiger partial charge in [-0.25, -0.2) is 9.78 Å². The van der Waals surface area contributed by atoms with Crippen molar-refractivity contribution in [2.24, 2.45) is 0 Å². The summed E-state index contributed by atoms with van der Waals surface area (Å²) < 4.78 is 1.05. The lowest BCUT2D eigenvalue weighted by Gasteiger charge is -2.30. The summed E-state index contributed by atoms with van der Waals surface area (Å²) in [5.41, 5.74) is 3.80. The monoisotopic (exact) mass is 428 g/mol. The fraction of sp³-hybridized carbons (Fsp3) is 0.200. The Kier molecular flexibility index (Phi) is 4.65. The molecule has 4 rings (SSSR count). The van der Waals surface area contributed by atoms with Crippen molar-refractivity contribution in [3.63, 3.8) is 0 Å². The summed E-state index contributed by atoms with van der Waals surface area (Å²) in [5.74, 6) is -0.893. The molecule has 0 saturated heterocycles. The average molecular weight is 429 g/mol. The van der Waals surface area contributed by atoms with Gasteiger partial charge in [-0.2, -0.15) is 0 Å². The predicted molar refractivity (Wildman–Crippen MR) is 110 cm³/mol. The molecule has 6 heteroatoms. The number of benzene rings is 1. The topological polar surface area (TPSA) is 53.4 Å². The number of carbonyl (C=O) groups is 1. The highest BCUT2D eigenvalue weighted by Gasteiger charge is 2.27. The van der Waals surface area contributed by atoms with Crippen LogP contribution < -0.4 is 0 Å². The van der Waals surface area contributed by atoms with Crippen molar-refractivity contribution in [1.82, 2.24) is 9.88 Å². The first-order chi connectivity index (χ1) is 12.6. The van der Waals surface area contributed by atoms with Crippen LogP contribution in [0.25, 0.3) is 22.6 Å². The summed E-state index contributed by atoms with van der Waals surface area (Å²) in [4.78, 5) is 20.3. The van der Waals surface area contributed by atoms with Gasteiger partial charge in [0.2, 0.25) is 0 Å². The van der Waals surface area contributed by atoms with Gasteiger partial charge in [-0.1, -0.05) is 25.1 Å². The molecule has 1 aliphatic rings. The molecule has 0 spiro atoms. The van der Waals surface area contributed by atoms with Gasteiger partial charge in [-0.05, 0) is 46.3 Å². The number of aromatic nitrogens is 1. The lowest BCUT2D eigenvalue weighted by atomic mass is 9.92. The second kappa shape index (κ2) is 6.95. The van der Waals surface area contributed by atoms with E-state index in [1.54, 1.807) is 11.3 Å². The van der Waals surface area contributed by atoms with E-state index in [4.69, 9.17) is 4.98 Å². The molecule has 2 aromatic heterocycles. The number of carboxylic acids is 1. The highest BCUT2D eigenvalue weighted by atomic mass is 79.9. The molecule has 0 unspecified atom stereocenters. The van der Waals surface area contributed by atoms with Crippen LogP contribution in [0.1, 0.15) is 33.4 Å². The smallest absolute Gasteiger partial charge is 0.336 e. The minimum Gasteiger partial charge on any atom is -0.478 e. The van der Waals surface area contributed by atoms with Crippen LogP contribution in [-0.4, -0.2) is 34.0 Å². The molecule has 4 nitrogen and oxygen atoms in total. The van der Waals surface area contributed by atoms with E-state index in [1.807, 2.05) is 29.6 Å². The molecule has 0 bridgehead atoms. The zero-order valence-corrected chi connectivity index (χ0v) is 16.6. The number of hydrogen-bond acceptors (Lipinski definition) is 4. The van der Waals surface area contributed by atoms with Gasteiger partial charge >= 0.3 is 5.97 Å². The summed E-state index contributed by atoms with van der Waals surface area (Å²) in [7, 11) is 0. The number of fused-ring (bicyclic) bond motifs is 2. The summed E-state index contributed by atoms with van der Waals surface area (Å²) >= 11 is 5.15. The van der Waals surface area contributed by atoms with Gasteiger partial charge in [0, 0.05) is 38.8 Å². The Hall–Kier alpha value is -2.02. The number of hydrogen-bond donors (Lipinski definition) is 1. The van der Waals surface area contributed by atoms with Crippen molar-refractivity contribution in [2.45, 2.75) is 13.5 Å². The molecular weight excluding hydrogens is 412 g/mol. The Morgan fingerprint density at radius 1 is 1.38 bits per heavy atom. The standard InChI is InChI=1S/C20H17BrN2O2S/c1-2-23-9-12(7-14-8-13(21)11-26-14)19-16(10-23)18(20(24)25)15-5-3-4-6-17(15)22-19/h3-8,11H,2,9-10H2,1H3,(H,24,25)/b12-7+. The number of carboxylic acid groups (broad SMARTS) is 1. The van der Waals surface area contributed by atoms with Crippen LogP contribution in [0, 0.1) is 0 Å². The second-order valence-corrected chi connectivity index (χ2v) is 8.13. The van der Waals surface area contributed by atoms with Crippen LogP contribution in [0.3, 0.4) is 0 Å². The van der Waals surface area contributed by atoms with Gasteiger partial charge in [0.1, 0.15) is 0 Å². The molecule has 132 valence electrons. The van der Waals surface area contributed by atoms with Gasteiger partial charge in [-0.3, -0.25) is 4.90 Å². The minimum atomic E-state index is -0.893. The fourth-order valence-electron chi connectivity index (χ4n) is 3.42. The van der Waals surface area contributed by atoms with Gasteiger partial charge < -0.3 is 5.11 Å². The van der Waals surface area contributed by atoms with Gasteiger partial charge in [0.15, 0.2) is 0 Å². The second-order valence-electron chi connectivity index (χ2n) is 6.28. The maximum absolute atomic E-state index is 12.1. The largest absolute Gasteiger partial charge is 0.478 e. The molecule has 0 fully saturated rings. The summed E-state index contributed by atoms with van der Waals surface area (Å²) in [6.45, 7) is 4.33. The third-order valence-electron chi connectivity index (χ3n) is 4.64. The van der Waals surface area contributed by atoms with Crippen molar-refractivity contribution in [2.75, 3.05) is 13.1 Å². The van der Waals surface area contributed by atoms with E-state index in [2.05, 4.69) is 39.9 Å². The van der Waals surface area contributed by atoms with Crippen LogP contribution in [-0.2, 0) is 6.54 Å². The van der Waals surface area contributed by atoms with Gasteiger partial charge in [0.05, 0.1) is 16.8 Å². The molecule has 0 aliphatic carbocycles. The van der Waals surface area contributed by atoms with E-state index < -0.39 is 5.97 Å². The zero-order chi connectivity index (χ0) is 18.3. The van der Waals surface area contributed by atoms with E-state index in [0.717, 1.165) is 44.8 Å². The molecule has 0 atom stereocenters. The quantitative estimate of drug-likeness (QED) is 0.627. The van der Waals surface area contributed by atoms with Crippen LogP contribution >= 0.6 is 27.3 Å². The molecule has 0 saturated carbocycles. The van der Waals surface area contributed by atoms with Crippen molar-refractivity contribution in [1.29, 1.82) is 0 Å². The number of para-hydroxylation sites is 1. The lowest BCUT2D eigenvalue weighted by Crippen LogP contribution is -2.31. The van der Waals surface area contributed by atoms with Gasteiger partial charge in [-0.15, -0.1) is 11.3 Å². The first-order valence-electron chi connectivity index (χ1n) is 8.39. The Balaban J connectivity index is 1.99. The van der Waals surface area contributed by atoms with E-state index in [9.17, 15) is 9.90 Å². The molecule has 0 radical (unpaired) electrons. The predicted octanol–water partition coefficient (Wildman–Crippen LogP) is 5.13. The number of aromatic carboxylic acids is 1. The zero-order valence-electron chi connectivity index (χ0n) is 14.2. The van der Waals surface area contributed by atoms with Crippen LogP contribution in [0.15, 0.2) is 40.2 Å². The number of thiophene rings is 1. The van der Waals surface area contributed by atoms with Crippen LogP contribution in [0.5, 0.6) is 0 Å². The van der Waals surface area contributed by atoms with E-state index >= 15 is 0 Å². The normalized spacial score (nSPS) is 16.2. The van der Waals surface area contributed by atoms with Crippen molar-refractivity contribution >= 4 is 55.8 Å². The molecule has 1 N–H and O–H groups in total. The molecule has 3 aromatic rings. The Morgan fingerprint density at radius 3 is 2.88 bits per heavy atom. The lowest BCUT2D eigenvalue weighted by molar-refractivity contribution is 0.0696. The number of nitrogens with zero attached hydrogens (tertiary/aromatic N) is 2. The molecular formula is C20H17BrN2O2S. The van der Waals surface area contributed by atoms with Crippen LogP contribution in [0.4, 0.5) is 0 Å². The first kappa shape index (κ1) is 17.4. The maximum atomic E-state index is 12.1. The third-order valence-corrected chi connectivity index (χ3v) is 6.28. The van der Waals surface area contributed by atoms with Crippen LogP contribution in [0.2, 0.25) is 0 Å². The molecule has 1 aliphatic heterocycles. The number of halogens is 1. The van der Waals surface area contributed by atoms with Crippen molar-refractivity contribution in [3.8, 4) is 0 Å². The maximum Gasteiger partial charge on any atom is 0.336 e. The summed E-state index contributed by atoms with van der Waals surface area (Å²) in [6, 6.07) is 9.56. The van der Waals surface area contributed by atoms with Crippen molar-refractivity contribution in [3.05, 3.63) is 61.9 Å². The number of rotatable bonds is 3. The Labute approximate surface area is 163 Å². The number of likely N-dealkylation sites (N-methyl/N-ethyl adjacent to an activating group) is 1.